The van der Waals surface area contributed by atoms with Crippen LogP contribution in [0.3, 0.4) is 0 Å². The van der Waals surface area contributed by atoms with Crippen LogP contribution < -0.4 is 15.4 Å². The normalized spacial score (nSPS) is 17.1. The average molecular weight is 367 g/mol. The van der Waals surface area contributed by atoms with Crippen molar-refractivity contribution in [2.75, 3.05) is 37.4 Å². The maximum atomic E-state index is 12.5. The minimum Gasteiger partial charge on any atom is -0.497 e. The van der Waals surface area contributed by atoms with E-state index in [2.05, 4.69) is 10.6 Å². The second-order valence-electron chi connectivity index (χ2n) is 6.71. The molecule has 1 atom stereocenters. The van der Waals surface area contributed by atoms with Gasteiger partial charge in [-0.2, -0.15) is 0 Å². The molecule has 2 aromatic rings. The molecule has 2 N–H and O–H groups in total. The molecule has 1 aliphatic heterocycles. The number of rotatable bonds is 6. The molecule has 1 aliphatic rings. The number of methoxy groups -OCH3 is 1. The van der Waals surface area contributed by atoms with Gasteiger partial charge in [-0.25, -0.2) is 0 Å². The number of anilines is 2. The Morgan fingerprint density at radius 1 is 1.04 bits per heavy atom. The highest BCUT2D eigenvalue weighted by molar-refractivity contribution is 5.93. The summed E-state index contributed by atoms with van der Waals surface area (Å²) in [5, 5.41) is 5.85. The molecular weight excluding hydrogens is 342 g/mol. The number of likely N-dealkylation sites (tertiary alicyclic amines) is 1. The molecule has 6 nitrogen and oxygen atoms in total. The third-order valence-electron chi connectivity index (χ3n) is 4.66. The zero-order valence-electron chi connectivity index (χ0n) is 15.5. The fourth-order valence-corrected chi connectivity index (χ4v) is 3.26. The molecule has 0 saturated carbocycles. The largest absolute Gasteiger partial charge is 0.497 e. The molecule has 3 rings (SSSR count). The predicted octanol–water partition coefficient (Wildman–Crippen LogP) is 2.98. The molecule has 0 bridgehead atoms. The fourth-order valence-electron chi connectivity index (χ4n) is 3.26. The molecule has 1 unspecified atom stereocenters. The van der Waals surface area contributed by atoms with Crippen LogP contribution in [0.5, 0.6) is 5.75 Å². The predicted molar refractivity (Wildman–Crippen MR) is 106 cm³/mol. The number of benzene rings is 2. The Balaban J connectivity index is 1.49. The van der Waals surface area contributed by atoms with Crippen molar-refractivity contribution < 1.29 is 14.3 Å². The van der Waals surface area contributed by atoms with Gasteiger partial charge in [-0.15, -0.1) is 0 Å². The number of carbonyl (C=O) groups excluding carboxylic acids is 2. The first-order valence-electron chi connectivity index (χ1n) is 9.16. The first kappa shape index (κ1) is 18.9. The summed E-state index contributed by atoms with van der Waals surface area (Å²) in [4.78, 5) is 26.9. The molecule has 1 fully saturated rings. The first-order chi connectivity index (χ1) is 13.1. The van der Waals surface area contributed by atoms with Crippen LogP contribution in [-0.4, -0.2) is 43.5 Å². The number of carbonyl (C=O) groups is 2. The minimum atomic E-state index is -0.104. The number of hydrogen-bond donors (Lipinski definition) is 2. The van der Waals surface area contributed by atoms with E-state index in [-0.39, 0.29) is 24.3 Å². The molecule has 0 spiro atoms. The van der Waals surface area contributed by atoms with E-state index in [1.807, 2.05) is 47.4 Å². The van der Waals surface area contributed by atoms with Crippen molar-refractivity contribution in [1.82, 2.24) is 4.90 Å². The van der Waals surface area contributed by atoms with Crippen LogP contribution in [0, 0.1) is 5.92 Å². The van der Waals surface area contributed by atoms with Gasteiger partial charge in [0.05, 0.1) is 19.6 Å². The highest BCUT2D eigenvalue weighted by Crippen LogP contribution is 2.19. The number of piperidine rings is 1. The molecule has 0 radical (unpaired) electrons. The van der Waals surface area contributed by atoms with Crippen molar-refractivity contribution >= 4 is 23.2 Å². The fraction of sp³-hybridized carbons (Fsp3) is 0.333. The molecule has 1 heterocycles. The number of hydrogen-bond acceptors (Lipinski definition) is 4. The van der Waals surface area contributed by atoms with Crippen molar-refractivity contribution in [3.63, 3.8) is 0 Å². The Morgan fingerprint density at radius 2 is 1.74 bits per heavy atom. The number of nitrogens with one attached hydrogen (secondary N) is 2. The Morgan fingerprint density at radius 3 is 2.44 bits per heavy atom. The van der Waals surface area contributed by atoms with E-state index in [1.54, 1.807) is 19.2 Å². The maximum absolute atomic E-state index is 12.5. The Kier molecular flexibility index (Phi) is 6.44. The highest BCUT2D eigenvalue weighted by Gasteiger charge is 2.26. The number of para-hydroxylation sites is 1. The molecular formula is C21H25N3O3. The van der Waals surface area contributed by atoms with E-state index in [0.717, 1.165) is 36.5 Å². The number of nitrogens with zero attached hydrogens (tertiary/aromatic N) is 1. The first-order valence-corrected chi connectivity index (χ1v) is 9.16. The zero-order valence-corrected chi connectivity index (χ0v) is 15.5. The Labute approximate surface area is 159 Å². The van der Waals surface area contributed by atoms with Gasteiger partial charge in [-0.3, -0.25) is 14.5 Å². The van der Waals surface area contributed by atoms with E-state index in [4.69, 9.17) is 4.74 Å². The van der Waals surface area contributed by atoms with Crippen LogP contribution in [0.4, 0.5) is 11.4 Å². The summed E-state index contributed by atoms with van der Waals surface area (Å²) in [5.41, 5.74) is 1.54. The van der Waals surface area contributed by atoms with Crippen molar-refractivity contribution in [3.05, 3.63) is 54.6 Å². The molecule has 27 heavy (non-hydrogen) atoms. The maximum Gasteiger partial charge on any atom is 0.238 e. The average Bonchev–Trinajstić information content (AvgIpc) is 2.69. The molecule has 0 aromatic heterocycles. The van der Waals surface area contributed by atoms with Gasteiger partial charge in [-0.05, 0) is 55.8 Å². The quantitative estimate of drug-likeness (QED) is 0.823. The van der Waals surface area contributed by atoms with Gasteiger partial charge >= 0.3 is 0 Å². The van der Waals surface area contributed by atoms with E-state index in [1.165, 1.54) is 0 Å². The second kappa shape index (κ2) is 9.19. The van der Waals surface area contributed by atoms with Crippen LogP contribution >= 0.6 is 0 Å². The third kappa shape index (κ3) is 5.56. The van der Waals surface area contributed by atoms with Gasteiger partial charge in [0, 0.05) is 17.9 Å². The molecule has 142 valence electrons. The summed E-state index contributed by atoms with van der Waals surface area (Å²) in [6, 6.07) is 16.7. The monoisotopic (exact) mass is 367 g/mol. The number of amides is 2. The number of ether oxygens (including phenoxy) is 1. The summed E-state index contributed by atoms with van der Waals surface area (Å²) in [5.74, 6) is 0.579. The lowest BCUT2D eigenvalue weighted by Gasteiger charge is -2.31. The molecule has 6 heteroatoms. The highest BCUT2D eigenvalue weighted by atomic mass is 16.5. The molecule has 1 saturated heterocycles. The third-order valence-corrected chi connectivity index (χ3v) is 4.66. The van der Waals surface area contributed by atoms with Gasteiger partial charge in [0.15, 0.2) is 0 Å². The minimum absolute atomic E-state index is 0.0152. The van der Waals surface area contributed by atoms with Crippen LogP contribution in [0.1, 0.15) is 12.8 Å². The van der Waals surface area contributed by atoms with E-state index >= 15 is 0 Å². The lowest BCUT2D eigenvalue weighted by Crippen LogP contribution is -2.43. The van der Waals surface area contributed by atoms with Gasteiger partial charge in [0.1, 0.15) is 5.75 Å². The second-order valence-corrected chi connectivity index (χ2v) is 6.71. The lowest BCUT2D eigenvalue weighted by molar-refractivity contribution is -0.123. The van der Waals surface area contributed by atoms with Gasteiger partial charge in [-0.1, -0.05) is 18.2 Å². The van der Waals surface area contributed by atoms with Crippen LogP contribution in [0.25, 0.3) is 0 Å². The van der Waals surface area contributed by atoms with Crippen LogP contribution in [0.15, 0.2) is 54.6 Å². The summed E-state index contributed by atoms with van der Waals surface area (Å²) in [6.07, 6.45) is 1.75. The molecule has 2 amide bonds. The van der Waals surface area contributed by atoms with E-state index in [0.29, 0.717) is 6.54 Å². The zero-order chi connectivity index (χ0) is 19.1. The molecule has 0 aliphatic carbocycles. The topological polar surface area (TPSA) is 70.7 Å². The lowest BCUT2D eigenvalue weighted by atomic mass is 9.97. The molecule has 2 aromatic carbocycles. The van der Waals surface area contributed by atoms with Gasteiger partial charge in [0.2, 0.25) is 11.8 Å². The summed E-state index contributed by atoms with van der Waals surface area (Å²) >= 11 is 0. The Bertz CT molecular complexity index is 762. The smallest absolute Gasteiger partial charge is 0.238 e. The summed E-state index contributed by atoms with van der Waals surface area (Å²) in [7, 11) is 1.61. The van der Waals surface area contributed by atoms with Gasteiger partial charge < -0.3 is 15.4 Å². The van der Waals surface area contributed by atoms with Crippen LogP contribution in [-0.2, 0) is 9.59 Å². The van der Waals surface area contributed by atoms with Crippen LogP contribution in [0.2, 0.25) is 0 Å². The standard InChI is InChI=1S/C21H25N3O3/c1-27-19-11-9-18(10-12-19)22-20(25)15-24-13-5-6-16(14-24)21(26)23-17-7-3-2-4-8-17/h2-4,7-12,16H,5-6,13-15H2,1H3,(H,22,25)(H,23,26). The van der Waals surface area contributed by atoms with Crippen molar-refractivity contribution in [1.29, 1.82) is 0 Å². The Hall–Kier alpha value is -2.86. The van der Waals surface area contributed by atoms with E-state index in [9.17, 15) is 9.59 Å². The van der Waals surface area contributed by atoms with E-state index < -0.39 is 0 Å². The van der Waals surface area contributed by atoms with Crippen molar-refractivity contribution in [2.45, 2.75) is 12.8 Å². The van der Waals surface area contributed by atoms with Crippen molar-refractivity contribution in [3.8, 4) is 5.75 Å². The summed E-state index contributed by atoms with van der Waals surface area (Å²) < 4.78 is 5.11. The van der Waals surface area contributed by atoms with Crippen molar-refractivity contribution in [2.24, 2.45) is 5.92 Å². The summed E-state index contributed by atoms with van der Waals surface area (Å²) in [6.45, 7) is 1.70. The SMILES string of the molecule is COc1ccc(NC(=O)CN2CCCC(C(=O)Nc3ccccc3)C2)cc1. The van der Waals surface area contributed by atoms with Gasteiger partial charge in [0.25, 0.3) is 0 Å².